The van der Waals surface area contributed by atoms with E-state index >= 15 is 0 Å². The Hall–Kier alpha value is -0.730. The Balaban J connectivity index is 1.91. The summed E-state index contributed by atoms with van der Waals surface area (Å²) in [4.78, 5) is 10.7. The van der Waals surface area contributed by atoms with Crippen molar-refractivity contribution in [1.82, 2.24) is 5.32 Å². The first kappa shape index (κ1) is 8.85. The second-order valence-corrected chi connectivity index (χ2v) is 4.64. The summed E-state index contributed by atoms with van der Waals surface area (Å²) < 4.78 is 0. The van der Waals surface area contributed by atoms with Crippen LogP contribution in [0, 0.1) is 17.8 Å². The van der Waals surface area contributed by atoms with Crippen LogP contribution in [0.4, 0.5) is 4.79 Å². The van der Waals surface area contributed by atoms with Gasteiger partial charge in [-0.3, -0.25) is 0 Å². The molecule has 3 nitrogen and oxygen atoms in total. The van der Waals surface area contributed by atoms with E-state index in [2.05, 4.69) is 12.2 Å². The van der Waals surface area contributed by atoms with E-state index < -0.39 is 0 Å². The van der Waals surface area contributed by atoms with Gasteiger partial charge in [0.05, 0.1) is 0 Å². The number of carbonyl (C=O) groups is 1. The fourth-order valence-electron chi connectivity index (χ4n) is 3.24. The van der Waals surface area contributed by atoms with Gasteiger partial charge in [0.25, 0.3) is 0 Å². The lowest BCUT2D eigenvalue weighted by Crippen LogP contribution is -2.42. The van der Waals surface area contributed by atoms with Gasteiger partial charge in [-0.15, -0.1) is 0 Å². The average Bonchev–Trinajstić information content (AvgIpc) is 2.62. The topological polar surface area (TPSA) is 55.1 Å². The van der Waals surface area contributed by atoms with Gasteiger partial charge in [0, 0.05) is 6.04 Å². The van der Waals surface area contributed by atoms with Crippen LogP contribution in [0.2, 0.25) is 0 Å². The number of primary amides is 1. The van der Waals surface area contributed by atoms with Crippen LogP contribution in [0.25, 0.3) is 0 Å². The van der Waals surface area contributed by atoms with E-state index in [1.54, 1.807) is 0 Å². The Morgan fingerprint density at radius 2 is 2.23 bits per heavy atom. The Morgan fingerprint density at radius 1 is 1.46 bits per heavy atom. The molecule has 2 fully saturated rings. The molecule has 74 valence electrons. The van der Waals surface area contributed by atoms with Crippen LogP contribution >= 0.6 is 0 Å². The number of urea groups is 1. The van der Waals surface area contributed by atoms with Crippen molar-refractivity contribution in [2.45, 2.75) is 38.6 Å². The zero-order valence-electron chi connectivity index (χ0n) is 8.12. The number of nitrogens with two attached hydrogens (primary N) is 1. The van der Waals surface area contributed by atoms with Crippen LogP contribution in [-0.4, -0.2) is 12.1 Å². The third kappa shape index (κ3) is 1.64. The monoisotopic (exact) mass is 182 g/mol. The molecule has 0 aromatic rings. The SMILES string of the molecule is C[C@@H](NC(N)=O)[C@H]1C[C@@H]2CC[C@@H]1C2. The van der Waals surface area contributed by atoms with Crippen LogP contribution in [0.1, 0.15) is 32.6 Å². The fraction of sp³-hybridized carbons (Fsp3) is 0.900. The van der Waals surface area contributed by atoms with Gasteiger partial charge < -0.3 is 11.1 Å². The molecule has 0 radical (unpaired) electrons. The van der Waals surface area contributed by atoms with E-state index in [0.29, 0.717) is 5.92 Å². The number of amides is 2. The molecule has 2 amide bonds. The van der Waals surface area contributed by atoms with E-state index in [0.717, 1.165) is 11.8 Å². The van der Waals surface area contributed by atoms with Gasteiger partial charge in [-0.05, 0) is 43.9 Å². The van der Waals surface area contributed by atoms with Gasteiger partial charge in [0.15, 0.2) is 0 Å². The third-order valence-corrected chi connectivity index (χ3v) is 3.80. The first-order chi connectivity index (χ1) is 6.16. The van der Waals surface area contributed by atoms with Crippen LogP contribution in [-0.2, 0) is 0 Å². The van der Waals surface area contributed by atoms with Crippen molar-refractivity contribution in [2.24, 2.45) is 23.5 Å². The van der Waals surface area contributed by atoms with E-state index in [4.69, 9.17) is 5.73 Å². The van der Waals surface area contributed by atoms with Crippen molar-refractivity contribution in [2.75, 3.05) is 0 Å². The fourth-order valence-corrected chi connectivity index (χ4v) is 3.24. The minimum Gasteiger partial charge on any atom is -0.352 e. The highest BCUT2D eigenvalue weighted by Crippen LogP contribution is 2.49. The summed E-state index contributed by atoms with van der Waals surface area (Å²) in [5, 5.41) is 2.81. The maximum absolute atomic E-state index is 10.7. The molecule has 0 aliphatic heterocycles. The summed E-state index contributed by atoms with van der Waals surface area (Å²) in [6, 6.07) is -0.108. The van der Waals surface area contributed by atoms with Crippen molar-refractivity contribution in [3.8, 4) is 0 Å². The van der Waals surface area contributed by atoms with Crippen LogP contribution in [0.5, 0.6) is 0 Å². The number of hydrogen-bond donors (Lipinski definition) is 2. The lowest BCUT2D eigenvalue weighted by atomic mass is 9.84. The Bertz CT molecular complexity index is 217. The standard InChI is InChI=1S/C10H18N2O/c1-6(12-10(11)13)9-5-7-2-3-8(9)4-7/h6-9H,2-5H2,1H3,(H3,11,12,13)/t6-,7-,8-,9-/m1/s1. The van der Waals surface area contributed by atoms with E-state index in [1.807, 2.05) is 0 Å². The number of fused-ring (bicyclic) bond motifs is 2. The molecule has 2 aliphatic carbocycles. The molecule has 0 aromatic carbocycles. The normalized spacial score (nSPS) is 39.0. The highest BCUT2D eigenvalue weighted by Gasteiger charge is 2.41. The molecule has 0 spiro atoms. The predicted octanol–water partition coefficient (Wildman–Crippen LogP) is 1.48. The lowest BCUT2D eigenvalue weighted by molar-refractivity contribution is 0.227. The van der Waals surface area contributed by atoms with Gasteiger partial charge in [0.1, 0.15) is 0 Å². The zero-order chi connectivity index (χ0) is 9.42. The second-order valence-electron chi connectivity index (χ2n) is 4.64. The van der Waals surface area contributed by atoms with Crippen molar-refractivity contribution in [3.05, 3.63) is 0 Å². The van der Waals surface area contributed by atoms with Gasteiger partial charge >= 0.3 is 6.03 Å². The maximum atomic E-state index is 10.7. The third-order valence-electron chi connectivity index (χ3n) is 3.80. The summed E-state index contributed by atoms with van der Waals surface area (Å²) in [6.45, 7) is 2.08. The smallest absolute Gasteiger partial charge is 0.312 e. The molecule has 0 heterocycles. The molecule has 4 atom stereocenters. The molecule has 2 rings (SSSR count). The molecular weight excluding hydrogens is 164 g/mol. The molecule has 3 heteroatoms. The summed E-state index contributed by atoms with van der Waals surface area (Å²) in [7, 11) is 0. The number of rotatable bonds is 2. The summed E-state index contributed by atoms with van der Waals surface area (Å²) >= 11 is 0. The Kier molecular flexibility index (Phi) is 2.18. The number of carbonyl (C=O) groups excluding carboxylic acids is 1. The summed E-state index contributed by atoms with van der Waals surface area (Å²) in [5.74, 6) is 2.48. The molecule has 0 aromatic heterocycles. The largest absolute Gasteiger partial charge is 0.352 e. The first-order valence-electron chi connectivity index (χ1n) is 5.22. The van der Waals surface area contributed by atoms with Crippen molar-refractivity contribution in [1.29, 1.82) is 0 Å². The molecular formula is C10H18N2O. The van der Waals surface area contributed by atoms with Gasteiger partial charge in [-0.1, -0.05) is 6.42 Å². The zero-order valence-corrected chi connectivity index (χ0v) is 8.12. The lowest BCUT2D eigenvalue weighted by Gasteiger charge is -2.27. The Morgan fingerprint density at radius 3 is 2.69 bits per heavy atom. The van der Waals surface area contributed by atoms with E-state index in [9.17, 15) is 4.79 Å². The van der Waals surface area contributed by atoms with E-state index in [1.165, 1.54) is 25.7 Å². The highest BCUT2D eigenvalue weighted by atomic mass is 16.2. The molecule has 2 aliphatic rings. The van der Waals surface area contributed by atoms with Crippen molar-refractivity contribution < 1.29 is 4.79 Å². The Labute approximate surface area is 79.1 Å². The van der Waals surface area contributed by atoms with Gasteiger partial charge in [-0.25, -0.2) is 4.79 Å². The number of nitrogens with one attached hydrogen (secondary N) is 1. The first-order valence-corrected chi connectivity index (χ1v) is 5.22. The quantitative estimate of drug-likeness (QED) is 0.667. The van der Waals surface area contributed by atoms with Crippen LogP contribution in [0.3, 0.4) is 0 Å². The number of hydrogen-bond acceptors (Lipinski definition) is 1. The minimum absolute atomic E-state index is 0.271. The van der Waals surface area contributed by atoms with Crippen molar-refractivity contribution >= 4 is 6.03 Å². The maximum Gasteiger partial charge on any atom is 0.312 e. The predicted molar refractivity (Wildman–Crippen MR) is 51.1 cm³/mol. The average molecular weight is 182 g/mol. The molecule has 3 N–H and O–H groups in total. The summed E-state index contributed by atoms with van der Waals surface area (Å²) in [6.07, 6.45) is 5.45. The van der Waals surface area contributed by atoms with Crippen LogP contribution < -0.4 is 11.1 Å². The summed E-state index contributed by atoms with van der Waals surface area (Å²) in [5.41, 5.74) is 5.11. The van der Waals surface area contributed by atoms with Crippen molar-refractivity contribution in [3.63, 3.8) is 0 Å². The molecule has 0 saturated heterocycles. The molecule has 13 heavy (non-hydrogen) atoms. The minimum atomic E-state index is -0.379. The van der Waals surface area contributed by atoms with Crippen LogP contribution in [0.15, 0.2) is 0 Å². The van der Waals surface area contributed by atoms with Gasteiger partial charge in [-0.2, -0.15) is 0 Å². The van der Waals surface area contributed by atoms with E-state index in [-0.39, 0.29) is 12.1 Å². The van der Waals surface area contributed by atoms with Gasteiger partial charge in [0.2, 0.25) is 0 Å². The molecule has 2 bridgehead atoms. The molecule has 0 unspecified atom stereocenters. The second kappa shape index (κ2) is 3.20. The highest BCUT2D eigenvalue weighted by molar-refractivity contribution is 5.71. The molecule has 2 saturated carbocycles.